The molecule has 0 bridgehead atoms. The summed E-state index contributed by atoms with van der Waals surface area (Å²) in [4.78, 5) is 27.5. The fraction of sp³-hybridized carbons (Fsp3) is 0.316. The average Bonchev–Trinajstić information content (AvgIpc) is 3.29. The zero-order valence-corrected chi connectivity index (χ0v) is 15.8. The van der Waals surface area contributed by atoms with Crippen LogP contribution in [0, 0.1) is 0 Å². The van der Waals surface area contributed by atoms with Crippen LogP contribution in [0.2, 0.25) is 0 Å². The number of imide groups is 1. The van der Waals surface area contributed by atoms with E-state index in [1.165, 1.54) is 18.2 Å². The molecular formula is C19H19N3O5S. The third kappa shape index (κ3) is 3.63. The maximum Gasteiger partial charge on any atom is 0.258 e. The number of hydrogen-bond donors (Lipinski definition) is 2. The Kier molecular flexibility index (Phi) is 4.86. The molecule has 0 radical (unpaired) electrons. The molecule has 146 valence electrons. The van der Waals surface area contributed by atoms with Crippen LogP contribution in [0.15, 0.2) is 41.4 Å². The number of ether oxygens (including phenoxy) is 1. The molecule has 2 aromatic rings. The molecule has 1 aromatic heterocycles. The summed E-state index contributed by atoms with van der Waals surface area (Å²) in [6.07, 6.45) is 5.90. The van der Waals surface area contributed by atoms with E-state index in [0.717, 1.165) is 25.7 Å². The Morgan fingerprint density at radius 3 is 2.64 bits per heavy atom. The number of carbonyl (C=O) groups is 2. The largest absolute Gasteiger partial charge is 0.474 e. The Labute approximate surface area is 162 Å². The molecule has 2 aliphatic rings. The number of aromatic nitrogens is 1. The second-order valence-corrected chi connectivity index (χ2v) is 8.57. The van der Waals surface area contributed by atoms with Gasteiger partial charge in [-0.1, -0.05) is 6.07 Å². The van der Waals surface area contributed by atoms with E-state index in [1.54, 1.807) is 18.3 Å². The quantitative estimate of drug-likeness (QED) is 0.713. The van der Waals surface area contributed by atoms with Crippen LogP contribution in [0.1, 0.15) is 52.0 Å². The number of carbonyl (C=O) groups excluding carboxylic acids is 2. The Balaban J connectivity index is 1.51. The second-order valence-electron chi connectivity index (χ2n) is 6.81. The smallest absolute Gasteiger partial charge is 0.258 e. The van der Waals surface area contributed by atoms with Gasteiger partial charge in [0.2, 0.25) is 15.9 Å². The van der Waals surface area contributed by atoms with Crippen LogP contribution in [0.4, 0.5) is 0 Å². The van der Waals surface area contributed by atoms with Crippen molar-refractivity contribution in [1.29, 1.82) is 0 Å². The van der Waals surface area contributed by atoms with Crippen LogP contribution in [0.5, 0.6) is 5.88 Å². The number of pyridine rings is 1. The standard InChI is InChI=1S/C19H19N3O5S/c23-17-15-8-7-14(10-16(15)18(24)22-17)28(25,26)21-11-12-4-3-9-20-19(12)27-13-5-1-2-6-13/h3-4,7-10,13,21H,1-2,5-6,11H2,(H,22,23,24). The van der Waals surface area contributed by atoms with Crippen molar-refractivity contribution in [2.45, 2.75) is 43.2 Å². The topological polar surface area (TPSA) is 114 Å². The number of nitrogens with one attached hydrogen (secondary N) is 2. The second kappa shape index (κ2) is 7.33. The fourth-order valence-electron chi connectivity index (χ4n) is 3.40. The summed E-state index contributed by atoms with van der Waals surface area (Å²) in [5.74, 6) is -0.700. The number of amides is 2. The fourth-order valence-corrected chi connectivity index (χ4v) is 4.43. The molecule has 1 fully saturated rings. The highest BCUT2D eigenvalue weighted by molar-refractivity contribution is 7.89. The summed E-state index contributed by atoms with van der Waals surface area (Å²) in [6, 6.07) is 7.32. The van der Waals surface area contributed by atoms with Crippen LogP contribution in [0.25, 0.3) is 0 Å². The lowest BCUT2D eigenvalue weighted by molar-refractivity contribution is 0.0879. The van der Waals surface area contributed by atoms with E-state index in [4.69, 9.17) is 4.74 Å². The monoisotopic (exact) mass is 401 g/mol. The normalized spacial score (nSPS) is 16.9. The summed E-state index contributed by atoms with van der Waals surface area (Å²) in [5, 5.41) is 2.14. The van der Waals surface area contributed by atoms with Crippen molar-refractivity contribution >= 4 is 21.8 Å². The average molecular weight is 401 g/mol. The zero-order valence-electron chi connectivity index (χ0n) is 15.0. The lowest BCUT2D eigenvalue weighted by Gasteiger charge is -2.15. The Hall–Kier alpha value is -2.78. The molecule has 8 nitrogen and oxygen atoms in total. The minimum atomic E-state index is -3.89. The number of rotatable bonds is 6. The van der Waals surface area contributed by atoms with Gasteiger partial charge in [0.1, 0.15) is 6.10 Å². The molecule has 0 saturated heterocycles. The van der Waals surface area contributed by atoms with Gasteiger partial charge in [0.25, 0.3) is 11.8 Å². The van der Waals surface area contributed by atoms with Gasteiger partial charge in [-0.2, -0.15) is 0 Å². The number of benzene rings is 1. The minimum Gasteiger partial charge on any atom is -0.474 e. The van der Waals surface area contributed by atoms with Crippen molar-refractivity contribution in [3.05, 3.63) is 53.2 Å². The van der Waals surface area contributed by atoms with Crippen molar-refractivity contribution < 1.29 is 22.7 Å². The van der Waals surface area contributed by atoms with E-state index in [0.29, 0.717) is 11.4 Å². The minimum absolute atomic E-state index is 0.000435. The molecule has 1 aliphatic heterocycles. The predicted molar refractivity (Wildman–Crippen MR) is 99.4 cm³/mol. The molecule has 4 rings (SSSR count). The van der Waals surface area contributed by atoms with Crippen molar-refractivity contribution in [2.24, 2.45) is 0 Å². The lowest BCUT2D eigenvalue weighted by Crippen LogP contribution is -2.24. The van der Waals surface area contributed by atoms with Crippen molar-refractivity contribution in [3.8, 4) is 5.88 Å². The molecule has 1 aromatic carbocycles. The third-order valence-electron chi connectivity index (χ3n) is 4.90. The van der Waals surface area contributed by atoms with E-state index in [9.17, 15) is 18.0 Å². The van der Waals surface area contributed by atoms with Gasteiger partial charge in [-0.3, -0.25) is 14.9 Å². The van der Waals surface area contributed by atoms with Gasteiger partial charge in [-0.05, 0) is 49.9 Å². The molecule has 0 unspecified atom stereocenters. The van der Waals surface area contributed by atoms with Gasteiger partial charge in [0, 0.05) is 18.3 Å². The number of nitrogens with zero attached hydrogens (tertiary/aromatic N) is 1. The summed E-state index contributed by atoms with van der Waals surface area (Å²) in [7, 11) is -3.89. The summed E-state index contributed by atoms with van der Waals surface area (Å²) in [5.41, 5.74) is 0.857. The molecule has 0 atom stereocenters. The van der Waals surface area contributed by atoms with Crippen molar-refractivity contribution in [3.63, 3.8) is 0 Å². The highest BCUT2D eigenvalue weighted by Gasteiger charge is 2.29. The Bertz CT molecular complexity index is 1050. The van der Waals surface area contributed by atoms with Gasteiger partial charge in [-0.25, -0.2) is 18.1 Å². The summed E-state index contributed by atoms with van der Waals surface area (Å²) < 4.78 is 33.8. The Morgan fingerprint density at radius 2 is 1.86 bits per heavy atom. The van der Waals surface area contributed by atoms with E-state index in [-0.39, 0.29) is 28.7 Å². The number of fused-ring (bicyclic) bond motifs is 1. The lowest BCUT2D eigenvalue weighted by atomic mass is 10.1. The van der Waals surface area contributed by atoms with Gasteiger partial charge < -0.3 is 4.74 Å². The molecule has 9 heteroatoms. The van der Waals surface area contributed by atoms with Gasteiger partial charge in [0.05, 0.1) is 16.0 Å². The van der Waals surface area contributed by atoms with Crippen molar-refractivity contribution in [2.75, 3.05) is 0 Å². The molecule has 0 spiro atoms. The molecule has 28 heavy (non-hydrogen) atoms. The first-order chi connectivity index (χ1) is 13.4. The predicted octanol–water partition coefficient (Wildman–Crippen LogP) is 1.77. The molecule has 2 heterocycles. The van der Waals surface area contributed by atoms with E-state index < -0.39 is 21.8 Å². The SMILES string of the molecule is O=C1NC(=O)c2cc(S(=O)(=O)NCc3cccnc3OC3CCCC3)ccc21. The first-order valence-electron chi connectivity index (χ1n) is 9.04. The zero-order chi connectivity index (χ0) is 19.7. The van der Waals surface area contributed by atoms with Crippen LogP contribution < -0.4 is 14.8 Å². The van der Waals surface area contributed by atoms with Crippen LogP contribution in [-0.4, -0.2) is 31.3 Å². The molecule has 1 saturated carbocycles. The van der Waals surface area contributed by atoms with Crippen LogP contribution in [-0.2, 0) is 16.6 Å². The summed E-state index contributed by atoms with van der Waals surface area (Å²) >= 11 is 0. The van der Waals surface area contributed by atoms with Crippen molar-refractivity contribution in [1.82, 2.24) is 15.0 Å². The van der Waals surface area contributed by atoms with E-state index in [1.807, 2.05) is 0 Å². The number of sulfonamides is 1. The molecule has 2 amide bonds. The number of hydrogen-bond acceptors (Lipinski definition) is 6. The van der Waals surface area contributed by atoms with Gasteiger partial charge >= 0.3 is 0 Å². The molecule has 1 aliphatic carbocycles. The first kappa shape index (κ1) is 18.6. The van der Waals surface area contributed by atoms with E-state index in [2.05, 4.69) is 15.0 Å². The first-order valence-corrected chi connectivity index (χ1v) is 10.5. The summed E-state index contributed by atoms with van der Waals surface area (Å²) in [6.45, 7) is 0.000435. The highest BCUT2D eigenvalue weighted by Crippen LogP contribution is 2.25. The third-order valence-corrected chi connectivity index (χ3v) is 6.30. The van der Waals surface area contributed by atoms with Crippen LogP contribution in [0.3, 0.4) is 0 Å². The van der Waals surface area contributed by atoms with E-state index >= 15 is 0 Å². The van der Waals surface area contributed by atoms with Gasteiger partial charge in [0.15, 0.2) is 0 Å². The highest BCUT2D eigenvalue weighted by atomic mass is 32.2. The maximum atomic E-state index is 12.7. The van der Waals surface area contributed by atoms with Crippen LogP contribution >= 0.6 is 0 Å². The van der Waals surface area contributed by atoms with Gasteiger partial charge in [-0.15, -0.1) is 0 Å². The molecule has 2 N–H and O–H groups in total. The Morgan fingerprint density at radius 1 is 1.11 bits per heavy atom. The maximum absolute atomic E-state index is 12.7. The molecular weight excluding hydrogens is 382 g/mol.